The molecule has 1 saturated carbocycles. The molecule has 20 heavy (non-hydrogen) atoms. The third-order valence-electron chi connectivity index (χ3n) is 4.20. The molecule has 0 aromatic heterocycles. The molecule has 104 valence electrons. The van der Waals surface area contributed by atoms with Gasteiger partial charge in [0.1, 0.15) is 5.82 Å². The predicted octanol–water partition coefficient (Wildman–Crippen LogP) is 4.16. The van der Waals surface area contributed by atoms with Crippen molar-refractivity contribution < 1.29 is 4.39 Å². The number of benzene rings is 2. The molecule has 0 spiro atoms. The maximum atomic E-state index is 13.1. The van der Waals surface area contributed by atoms with Gasteiger partial charge in [0, 0.05) is 0 Å². The van der Waals surface area contributed by atoms with Crippen LogP contribution in [0.15, 0.2) is 54.6 Å². The zero-order valence-corrected chi connectivity index (χ0v) is 11.7. The third-order valence-corrected chi connectivity index (χ3v) is 4.20. The van der Waals surface area contributed by atoms with Gasteiger partial charge in [0.05, 0.1) is 6.04 Å². The summed E-state index contributed by atoms with van der Waals surface area (Å²) in [6, 6.07) is 17.3. The van der Waals surface area contributed by atoms with E-state index in [1.807, 2.05) is 30.3 Å². The van der Waals surface area contributed by atoms with Crippen molar-refractivity contribution in [3.63, 3.8) is 0 Å². The van der Waals surface area contributed by atoms with Gasteiger partial charge in [-0.05, 0) is 48.1 Å². The lowest BCUT2D eigenvalue weighted by molar-refractivity contribution is 0.555. The summed E-state index contributed by atoms with van der Waals surface area (Å²) in [6.45, 7) is 3.32. The van der Waals surface area contributed by atoms with Gasteiger partial charge in [-0.2, -0.15) is 0 Å². The maximum Gasteiger partial charge on any atom is 0.123 e. The van der Waals surface area contributed by atoms with E-state index < -0.39 is 0 Å². The predicted molar refractivity (Wildman–Crippen MR) is 80.0 cm³/mol. The minimum Gasteiger partial charge on any atom is -0.306 e. The normalized spacial score (nSPS) is 22.5. The molecule has 2 aromatic rings. The average Bonchev–Trinajstić information content (AvgIpc) is 3.18. The molecule has 2 aromatic carbocycles. The van der Waals surface area contributed by atoms with E-state index in [2.05, 4.69) is 24.4 Å². The van der Waals surface area contributed by atoms with Crippen molar-refractivity contribution in [1.29, 1.82) is 0 Å². The fourth-order valence-corrected chi connectivity index (χ4v) is 2.68. The van der Waals surface area contributed by atoms with E-state index in [-0.39, 0.29) is 11.9 Å². The van der Waals surface area contributed by atoms with Gasteiger partial charge < -0.3 is 5.32 Å². The number of halogens is 1. The smallest absolute Gasteiger partial charge is 0.123 e. The molecule has 0 heterocycles. The highest BCUT2D eigenvalue weighted by atomic mass is 19.1. The number of hydrogen-bond donors (Lipinski definition) is 1. The molecule has 1 fully saturated rings. The van der Waals surface area contributed by atoms with E-state index in [1.165, 1.54) is 24.1 Å². The minimum atomic E-state index is -0.184. The first-order valence-corrected chi connectivity index (χ1v) is 7.28. The van der Waals surface area contributed by atoms with Gasteiger partial charge in [0.25, 0.3) is 0 Å². The summed E-state index contributed by atoms with van der Waals surface area (Å²) in [4.78, 5) is 0. The summed E-state index contributed by atoms with van der Waals surface area (Å²) in [5, 5.41) is 3.64. The van der Waals surface area contributed by atoms with Crippen LogP contribution >= 0.6 is 0 Å². The molecule has 1 aliphatic carbocycles. The molecule has 0 aliphatic heterocycles. The largest absolute Gasteiger partial charge is 0.306 e. The Bertz CT molecular complexity index is 549. The lowest BCUT2D eigenvalue weighted by Crippen LogP contribution is -2.25. The second-order valence-electron chi connectivity index (χ2n) is 5.78. The zero-order valence-electron chi connectivity index (χ0n) is 11.7. The molecule has 2 heteroatoms. The fraction of sp³-hybridized carbons (Fsp3) is 0.333. The van der Waals surface area contributed by atoms with Crippen LogP contribution < -0.4 is 5.32 Å². The topological polar surface area (TPSA) is 12.0 Å². The number of nitrogens with one attached hydrogen (secondary N) is 1. The van der Waals surface area contributed by atoms with Crippen LogP contribution in [0.2, 0.25) is 0 Å². The molecule has 3 unspecified atom stereocenters. The van der Waals surface area contributed by atoms with Crippen molar-refractivity contribution >= 4 is 0 Å². The summed E-state index contributed by atoms with van der Waals surface area (Å²) < 4.78 is 13.1. The highest BCUT2D eigenvalue weighted by Gasteiger charge is 2.32. The Hall–Kier alpha value is -1.67. The highest BCUT2D eigenvalue weighted by Crippen LogP contribution is 2.37. The van der Waals surface area contributed by atoms with Gasteiger partial charge in [0.2, 0.25) is 0 Å². The van der Waals surface area contributed by atoms with E-state index in [0.717, 1.165) is 23.9 Å². The highest BCUT2D eigenvalue weighted by molar-refractivity contribution is 5.31. The Balaban J connectivity index is 1.80. The van der Waals surface area contributed by atoms with Gasteiger partial charge in [-0.3, -0.25) is 0 Å². The molecular formula is C18H20FN. The standard InChI is InChI=1S/C18H20FN/c1-13-11-16(13)12-20-18(14-5-3-2-4-6-14)15-7-9-17(19)10-8-15/h2-10,13,16,18,20H,11-12H2,1H3. The van der Waals surface area contributed by atoms with E-state index in [1.54, 1.807) is 0 Å². The number of hydrogen-bond acceptors (Lipinski definition) is 1. The first kappa shape index (κ1) is 13.3. The minimum absolute atomic E-state index is 0.143. The van der Waals surface area contributed by atoms with Crippen molar-refractivity contribution in [2.75, 3.05) is 6.54 Å². The van der Waals surface area contributed by atoms with Crippen LogP contribution in [0.5, 0.6) is 0 Å². The Morgan fingerprint density at radius 2 is 1.65 bits per heavy atom. The SMILES string of the molecule is CC1CC1CNC(c1ccccc1)c1ccc(F)cc1. The Kier molecular flexibility index (Phi) is 3.83. The summed E-state index contributed by atoms with van der Waals surface area (Å²) in [6.07, 6.45) is 1.32. The lowest BCUT2D eigenvalue weighted by atomic mass is 9.98. The van der Waals surface area contributed by atoms with Crippen molar-refractivity contribution in [3.8, 4) is 0 Å². The van der Waals surface area contributed by atoms with E-state index in [9.17, 15) is 4.39 Å². The van der Waals surface area contributed by atoms with E-state index in [4.69, 9.17) is 0 Å². The van der Waals surface area contributed by atoms with Crippen molar-refractivity contribution in [3.05, 3.63) is 71.5 Å². The number of rotatable bonds is 5. The molecule has 3 atom stereocenters. The molecular weight excluding hydrogens is 249 g/mol. The summed E-state index contributed by atoms with van der Waals surface area (Å²) in [7, 11) is 0. The van der Waals surface area contributed by atoms with Gasteiger partial charge in [0.15, 0.2) is 0 Å². The van der Waals surface area contributed by atoms with Gasteiger partial charge in [-0.15, -0.1) is 0 Å². The first-order chi connectivity index (χ1) is 9.74. The molecule has 0 bridgehead atoms. The van der Waals surface area contributed by atoms with Crippen LogP contribution in [-0.4, -0.2) is 6.54 Å². The van der Waals surface area contributed by atoms with E-state index >= 15 is 0 Å². The fourth-order valence-electron chi connectivity index (χ4n) is 2.68. The van der Waals surface area contributed by atoms with E-state index in [0.29, 0.717) is 0 Å². The molecule has 1 nitrogen and oxygen atoms in total. The Morgan fingerprint density at radius 1 is 1.05 bits per heavy atom. The zero-order chi connectivity index (χ0) is 13.9. The quantitative estimate of drug-likeness (QED) is 0.859. The second-order valence-corrected chi connectivity index (χ2v) is 5.78. The van der Waals surface area contributed by atoms with Crippen LogP contribution in [0.3, 0.4) is 0 Å². The third kappa shape index (κ3) is 3.07. The summed E-state index contributed by atoms with van der Waals surface area (Å²) >= 11 is 0. The van der Waals surface area contributed by atoms with Crippen LogP contribution in [-0.2, 0) is 0 Å². The van der Waals surface area contributed by atoms with Crippen LogP contribution in [0.25, 0.3) is 0 Å². The second kappa shape index (κ2) is 5.76. The lowest BCUT2D eigenvalue weighted by Gasteiger charge is -2.20. The van der Waals surface area contributed by atoms with Crippen molar-refractivity contribution in [1.82, 2.24) is 5.32 Å². The average molecular weight is 269 g/mol. The monoisotopic (exact) mass is 269 g/mol. The molecule has 0 amide bonds. The van der Waals surface area contributed by atoms with Crippen LogP contribution in [0.4, 0.5) is 4.39 Å². The molecule has 0 saturated heterocycles. The molecule has 3 rings (SSSR count). The first-order valence-electron chi connectivity index (χ1n) is 7.28. The molecule has 1 N–H and O–H groups in total. The molecule has 1 aliphatic rings. The Morgan fingerprint density at radius 3 is 2.25 bits per heavy atom. The van der Waals surface area contributed by atoms with Crippen molar-refractivity contribution in [2.24, 2.45) is 11.8 Å². The maximum absolute atomic E-state index is 13.1. The van der Waals surface area contributed by atoms with Gasteiger partial charge in [-0.1, -0.05) is 49.4 Å². The summed E-state index contributed by atoms with van der Waals surface area (Å²) in [5.41, 5.74) is 2.35. The Labute approximate surface area is 119 Å². The van der Waals surface area contributed by atoms with Crippen molar-refractivity contribution in [2.45, 2.75) is 19.4 Å². The van der Waals surface area contributed by atoms with Crippen LogP contribution in [0.1, 0.15) is 30.5 Å². The molecule has 0 radical (unpaired) electrons. The summed E-state index contributed by atoms with van der Waals surface area (Å²) in [5.74, 6) is 1.45. The van der Waals surface area contributed by atoms with Gasteiger partial charge >= 0.3 is 0 Å². The van der Waals surface area contributed by atoms with Gasteiger partial charge in [-0.25, -0.2) is 4.39 Å². The van der Waals surface area contributed by atoms with Crippen LogP contribution in [0, 0.1) is 17.7 Å².